The van der Waals surface area contributed by atoms with E-state index in [1.807, 2.05) is 18.2 Å². The normalized spacial score (nSPS) is 11.5. The van der Waals surface area contributed by atoms with Crippen LogP contribution in [0.3, 0.4) is 0 Å². The third-order valence-electron chi connectivity index (χ3n) is 3.06. The fraction of sp³-hybridized carbons (Fsp3) is 0.333. The molecule has 0 saturated heterocycles. The lowest BCUT2D eigenvalue weighted by atomic mass is 9.93. The summed E-state index contributed by atoms with van der Waals surface area (Å²) in [4.78, 5) is 1.35. The number of para-hydroxylation sites is 1. The highest BCUT2D eigenvalue weighted by Gasteiger charge is 2.23. The third-order valence-corrected chi connectivity index (χ3v) is 3.94. The second-order valence-corrected chi connectivity index (χ2v) is 5.79. The van der Waals surface area contributed by atoms with E-state index >= 15 is 0 Å². The Bertz CT molecular complexity index is 491. The molecule has 0 aliphatic heterocycles. The predicted octanol–water partition coefficient (Wildman–Crippen LogP) is 3.78. The van der Waals surface area contributed by atoms with Crippen molar-refractivity contribution < 1.29 is 4.74 Å². The summed E-state index contributed by atoms with van der Waals surface area (Å²) in [6, 6.07) is 12.4. The Kier molecular flexibility index (Phi) is 4.04. The Morgan fingerprint density at radius 2 is 1.94 bits per heavy atom. The number of thiophene rings is 1. The minimum absolute atomic E-state index is 0.114. The molecule has 96 valence electrons. The smallest absolute Gasteiger partial charge is 0.123 e. The molecule has 0 radical (unpaired) electrons. The molecule has 0 fully saturated rings. The molecule has 18 heavy (non-hydrogen) atoms. The minimum atomic E-state index is -0.114. The van der Waals surface area contributed by atoms with Crippen molar-refractivity contribution in [3.05, 3.63) is 52.2 Å². The van der Waals surface area contributed by atoms with Crippen LogP contribution in [0.1, 0.15) is 24.3 Å². The fourth-order valence-electron chi connectivity index (χ4n) is 1.98. The molecule has 2 aromatic rings. The molecule has 1 heterocycles. The molecular formula is C15H19NOS. The van der Waals surface area contributed by atoms with Crippen LogP contribution < -0.4 is 10.1 Å². The van der Waals surface area contributed by atoms with Gasteiger partial charge in [0.05, 0.1) is 7.11 Å². The minimum Gasteiger partial charge on any atom is -0.496 e. The first kappa shape index (κ1) is 13.1. The van der Waals surface area contributed by atoms with Gasteiger partial charge in [-0.2, -0.15) is 0 Å². The van der Waals surface area contributed by atoms with Gasteiger partial charge in [0.25, 0.3) is 0 Å². The SMILES string of the molecule is COc1ccccc1C(C)(C)NCc1cccs1. The Hall–Kier alpha value is -1.32. The molecule has 0 amide bonds. The number of nitrogens with one attached hydrogen (secondary N) is 1. The molecule has 0 spiro atoms. The highest BCUT2D eigenvalue weighted by Crippen LogP contribution is 2.29. The molecule has 0 unspecified atom stereocenters. The number of rotatable bonds is 5. The highest BCUT2D eigenvalue weighted by atomic mass is 32.1. The molecular weight excluding hydrogens is 242 g/mol. The second-order valence-electron chi connectivity index (χ2n) is 4.76. The third kappa shape index (κ3) is 2.92. The Morgan fingerprint density at radius 3 is 2.61 bits per heavy atom. The summed E-state index contributed by atoms with van der Waals surface area (Å²) in [5.74, 6) is 0.932. The molecule has 1 aromatic carbocycles. The van der Waals surface area contributed by atoms with Crippen molar-refractivity contribution in [2.24, 2.45) is 0 Å². The first-order valence-electron chi connectivity index (χ1n) is 6.04. The van der Waals surface area contributed by atoms with Crippen LogP contribution >= 0.6 is 11.3 Å². The zero-order chi connectivity index (χ0) is 13.0. The molecule has 2 rings (SSSR count). The topological polar surface area (TPSA) is 21.3 Å². The van der Waals surface area contributed by atoms with E-state index in [2.05, 4.69) is 42.7 Å². The van der Waals surface area contributed by atoms with Crippen LogP contribution in [0, 0.1) is 0 Å². The molecule has 0 saturated carbocycles. The van der Waals surface area contributed by atoms with Crippen molar-refractivity contribution in [1.82, 2.24) is 5.32 Å². The van der Waals surface area contributed by atoms with Crippen molar-refractivity contribution in [1.29, 1.82) is 0 Å². The maximum atomic E-state index is 5.43. The number of hydrogen-bond acceptors (Lipinski definition) is 3. The molecule has 0 aliphatic carbocycles. The lowest BCUT2D eigenvalue weighted by Gasteiger charge is -2.28. The van der Waals surface area contributed by atoms with E-state index in [4.69, 9.17) is 4.74 Å². The van der Waals surface area contributed by atoms with Crippen molar-refractivity contribution in [3.8, 4) is 5.75 Å². The van der Waals surface area contributed by atoms with Gasteiger partial charge < -0.3 is 10.1 Å². The van der Waals surface area contributed by atoms with Crippen molar-refractivity contribution in [2.75, 3.05) is 7.11 Å². The van der Waals surface area contributed by atoms with Crippen LogP contribution in [0.5, 0.6) is 5.75 Å². The van der Waals surface area contributed by atoms with Gasteiger partial charge in [-0.05, 0) is 31.4 Å². The Morgan fingerprint density at radius 1 is 1.17 bits per heavy atom. The largest absolute Gasteiger partial charge is 0.496 e. The highest BCUT2D eigenvalue weighted by molar-refractivity contribution is 7.09. The quantitative estimate of drug-likeness (QED) is 0.884. The summed E-state index contributed by atoms with van der Waals surface area (Å²) >= 11 is 1.78. The molecule has 3 heteroatoms. The standard InChI is InChI=1S/C15H19NOS/c1-15(2,16-11-12-7-6-10-18-12)13-8-4-5-9-14(13)17-3/h4-10,16H,11H2,1-3H3. The zero-order valence-corrected chi connectivity index (χ0v) is 11.9. The van der Waals surface area contributed by atoms with E-state index < -0.39 is 0 Å². The number of hydrogen-bond donors (Lipinski definition) is 1. The van der Waals surface area contributed by atoms with Gasteiger partial charge in [-0.1, -0.05) is 24.3 Å². The Balaban J connectivity index is 2.14. The van der Waals surface area contributed by atoms with E-state index in [-0.39, 0.29) is 5.54 Å². The molecule has 0 aliphatic rings. The zero-order valence-electron chi connectivity index (χ0n) is 11.1. The monoisotopic (exact) mass is 261 g/mol. The molecule has 0 atom stereocenters. The first-order chi connectivity index (χ1) is 8.63. The lowest BCUT2D eigenvalue weighted by molar-refractivity contribution is 0.359. The second kappa shape index (κ2) is 5.55. The van der Waals surface area contributed by atoms with Gasteiger partial charge in [0.1, 0.15) is 5.75 Å². The summed E-state index contributed by atoms with van der Waals surface area (Å²) in [6.45, 7) is 5.24. The summed E-state index contributed by atoms with van der Waals surface area (Å²) in [5, 5.41) is 5.69. The van der Waals surface area contributed by atoms with Gasteiger partial charge >= 0.3 is 0 Å². The van der Waals surface area contributed by atoms with Gasteiger partial charge in [-0.15, -0.1) is 11.3 Å². The van der Waals surface area contributed by atoms with Gasteiger partial charge in [0, 0.05) is 22.5 Å². The summed E-state index contributed by atoms with van der Waals surface area (Å²) in [5.41, 5.74) is 1.07. The molecule has 1 N–H and O–H groups in total. The van der Waals surface area contributed by atoms with Crippen molar-refractivity contribution in [2.45, 2.75) is 25.9 Å². The summed E-state index contributed by atoms with van der Waals surface area (Å²) in [6.07, 6.45) is 0. The fourth-order valence-corrected chi connectivity index (χ4v) is 2.62. The first-order valence-corrected chi connectivity index (χ1v) is 6.92. The van der Waals surface area contributed by atoms with Crippen molar-refractivity contribution >= 4 is 11.3 Å². The van der Waals surface area contributed by atoms with Gasteiger partial charge in [-0.25, -0.2) is 0 Å². The Labute approximate surface area is 113 Å². The maximum Gasteiger partial charge on any atom is 0.123 e. The number of ether oxygens (including phenoxy) is 1. The maximum absolute atomic E-state index is 5.43. The predicted molar refractivity (Wildman–Crippen MR) is 77.2 cm³/mol. The average Bonchev–Trinajstić information content (AvgIpc) is 2.89. The van der Waals surface area contributed by atoms with E-state index in [0.29, 0.717) is 0 Å². The van der Waals surface area contributed by atoms with Crippen LogP contribution in [0.25, 0.3) is 0 Å². The van der Waals surface area contributed by atoms with Gasteiger partial charge in [0.2, 0.25) is 0 Å². The average molecular weight is 261 g/mol. The summed E-state index contributed by atoms with van der Waals surface area (Å²) < 4.78 is 5.43. The van der Waals surface area contributed by atoms with Crippen LogP contribution in [-0.2, 0) is 12.1 Å². The van der Waals surface area contributed by atoms with Gasteiger partial charge in [-0.3, -0.25) is 0 Å². The van der Waals surface area contributed by atoms with E-state index in [1.54, 1.807) is 18.4 Å². The molecule has 2 nitrogen and oxygen atoms in total. The van der Waals surface area contributed by atoms with E-state index in [1.165, 1.54) is 10.4 Å². The molecule has 0 bridgehead atoms. The van der Waals surface area contributed by atoms with E-state index in [9.17, 15) is 0 Å². The molecule has 1 aromatic heterocycles. The van der Waals surface area contributed by atoms with Crippen LogP contribution in [0.15, 0.2) is 41.8 Å². The van der Waals surface area contributed by atoms with Crippen LogP contribution in [0.2, 0.25) is 0 Å². The number of methoxy groups -OCH3 is 1. The van der Waals surface area contributed by atoms with E-state index in [0.717, 1.165) is 12.3 Å². The van der Waals surface area contributed by atoms with Gasteiger partial charge in [0.15, 0.2) is 0 Å². The summed E-state index contributed by atoms with van der Waals surface area (Å²) in [7, 11) is 1.72. The van der Waals surface area contributed by atoms with Crippen molar-refractivity contribution in [3.63, 3.8) is 0 Å². The van der Waals surface area contributed by atoms with Crippen LogP contribution in [0.4, 0.5) is 0 Å². The number of benzene rings is 1. The lowest BCUT2D eigenvalue weighted by Crippen LogP contribution is -2.36. The van der Waals surface area contributed by atoms with Crippen LogP contribution in [-0.4, -0.2) is 7.11 Å².